The maximum atomic E-state index is 4.70. The normalized spacial score (nSPS) is 12.3. The van der Waals surface area contributed by atoms with E-state index in [4.69, 9.17) is 4.98 Å². The molecule has 2 aromatic rings. The number of benzene rings is 1. The minimum Gasteiger partial charge on any atom is -0.305 e. The maximum absolute atomic E-state index is 4.70. The maximum Gasteiger partial charge on any atom is 0.0751 e. The number of hydrogen-bond donors (Lipinski definition) is 1. The van der Waals surface area contributed by atoms with Crippen molar-refractivity contribution in [3.05, 3.63) is 65.0 Å². The molecule has 0 saturated heterocycles. The Hall–Kier alpha value is -1.67. The molecular formula is C19H26N2. The third kappa shape index (κ3) is 4.40. The van der Waals surface area contributed by atoms with Crippen LogP contribution < -0.4 is 5.32 Å². The first kappa shape index (κ1) is 15.7. The zero-order valence-corrected chi connectivity index (χ0v) is 13.4. The fraction of sp³-hybridized carbons (Fsp3) is 0.421. The summed E-state index contributed by atoms with van der Waals surface area (Å²) in [7, 11) is 0. The van der Waals surface area contributed by atoms with E-state index < -0.39 is 0 Å². The van der Waals surface area contributed by atoms with E-state index in [0.29, 0.717) is 0 Å². The summed E-state index contributed by atoms with van der Waals surface area (Å²) < 4.78 is 0. The lowest BCUT2D eigenvalue weighted by molar-refractivity contribution is 0.585. The van der Waals surface area contributed by atoms with Crippen LogP contribution in [0.15, 0.2) is 42.5 Å². The van der Waals surface area contributed by atoms with Gasteiger partial charge in [-0.3, -0.25) is 4.98 Å². The Balaban J connectivity index is 2.26. The second-order valence-electron chi connectivity index (χ2n) is 5.58. The molecule has 2 nitrogen and oxygen atoms in total. The number of pyridine rings is 1. The lowest BCUT2D eigenvalue weighted by atomic mass is 10.00. The molecule has 0 aliphatic carbocycles. The molecule has 1 aromatic carbocycles. The molecule has 0 fully saturated rings. The van der Waals surface area contributed by atoms with Crippen molar-refractivity contribution in [1.82, 2.24) is 10.3 Å². The summed E-state index contributed by atoms with van der Waals surface area (Å²) in [6, 6.07) is 15.4. The van der Waals surface area contributed by atoms with E-state index in [2.05, 4.69) is 55.6 Å². The number of aryl methyl sites for hydroxylation is 2. The first-order valence-corrected chi connectivity index (χ1v) is 8.00. The molecule has 0 saturated carbocycles. The van der Waals surface area contributed by atoms with Crippen LogP contribution in [0.2, 0.25) is 0 Å². The SMILES string of the molecule is CCCNC(c1ccc(CCC)cc1)c1cccc(C)n1. The van der Waals surface area contributed by atoms with Gasteiger partial charge in [-0.2, -0.15) is 0 Å². The number of nitrogens with one attached hydrogen (secondary N) is 1. The lowest BCUT2D eigenvalue weighted by Crippen LogP contribution is -2.24. The second-order valence-corrected chi connectivity index (χ2v) is 5.58. The predicted molar refractivity (Wildman–Crippen MR) is 89.5 cm³/mol. The van der Waals surface area contributed by atoms with Crippen molar-refractivity contribution in [3.8, 4) is 0 Å². The summed E-state index contributed by atoms with van der Waals surface area (Å²) in [6.45, 7) is 7.45. The van der Waals surface area contributed by atoms with Gasteiger partial charge >= 0.3 is 0 Å². The van der Waals surface area contributed by atoms with Gasteiger partial charge in [-0.25, -0.2) is 0 Å². The van der Waals surface area contributed by atoms with Crippen LogP contribution in [0.5, 0.6) is 0 Å². The first-order chi connectivity index (χ1) is 10.2. The Morgan fingerprint density at radius 1 is 1.00 bits per heavy atom. The van der Waals surface area contributed by atoms with Crippen LogP contribution >= 0.6 is 0 Å². The Bertz CT molecular complexity index is 546. The summed E-state index contributed by atoms with van der Waals surface area (Å²) in [6.07, 6.45) is 3.46. The van der Waals surface area contributed by atoms with Crippen LogP contribution in [0.1, 0.15) is 55.2 Å². The Morgan fingerprint density at radius 3 is 2.38 bits per heavy atom. The van der Waals surface area contributed by atoms with Crippen LogP contribution in [0.4, 0.5) is 0 Å². The van der Waals surface area contributed by atoms with Crippen molar-refractivity contribution in [1.29, 1.82) is 0 Å². The van der Waals surface area contributed by atoms with E-state index in [0.717, 1.165) is 30.8 Å². The molecule has 1 heterocycles. The van der Waals surface area contributed by atoms with Gasteiger partial charge < -0.3 is 5.32 Å². The average molecular weight is 282 g/mol. The van der Waals surface area contributed by atoms with E-state index in [9.17, 15) is 0 Å². The van der Waals surface area contributed by atoms with Crippen LogP contribution in [0, 0.1) is 6.92 Å². The molecule has 0 aliphatic heterocycles. The zero-order valence-electron chi connectivity index (χ0n) is 13.4. The third-order valence-corrected chi connectivity index (χ3v) is 3.66. The number of aromatic nitrogens is 1. The van der Waals surface area contributed by atoms with Crippen molar-refractivity contribution >= 4 is 0 Å². The van der Waals surface area contributed by atoms with Gasteiger partial charge in [-0.05, 0) is 49.6 Å². The van der Waals surface area contributed by atoms with Gasteiger partial charge in [0.25, 0.3) is 0 Å². The van der Waals surface area contributed by atoms with Gasteiger partial charge in [0.2, 0.25) is 0 Å². The van der Waals surface area contributed by atoms with Gasteiger partial charge in [0, 0.05) is 5.69 Å². The molecule has 1 N–H and O–H groups in total. The number of rotatable bonds is 7. The van der Waals surface area contributed by atoms with Gasteiger partial charge in [0.05, 0.1) is 11.7 Å². The molecule has 1 atom stereocenters. The van der Waals surface area contributed by atoms with E-state index in [-0.39, 0.29) is 6.04 Å². The highest BCUT2D eigenvalue weighted by Gasteiger charge is 2.14. The molecule has 0 aliphatic rings. The molecule has 0 spiro atoms. The number of hydrogen-bond acceptors (Lipinski definition) is 2. The molecule has 2 heteroatoms. The van der Waals surface area contributed by atoms with Crippen molar-refractivity contribution in [3.63, 3.8) is 0 Å². The fourth-order valence-electron chi connectivity index (χ4n) is 2.57. The Labute approximate surface area is 128 Å². The van der Waals surface area contributed by atoms with Gasteiger partial charge in [-0.15, -0.1) is 0 Å². The summed E-state index contributed by atoms with van der Waals surface area (Å²) in [5.41, 5.74) is 4.87. The fourth-order valence-corrected chi connectivity index (χ4v) is 2.57. The monoisotopic (exact) mass is 282 g/mol. The van der Waals surface area contributed by atoms with E-state index in [1.165, 1.54) is 17.5 Å². The summed E-state index contributed by atoms with van der Waals surface area (Å²) in [5.74, 6) is 0. The first-order valence-electron chi connectivity index (χ1n) is 8.00. The molecule has 0 amide bonds. The molecule has 1 unspecified atom stereocenters. The van der Waals surface area contributed by atoms with Gasteiger partial charge in [0.15, 0.2) is 0 Å². The molecule has 0 radical (unpaired) electrons. The lowest BCUT2D eigenvalue weighted by Gasteiger charge is -2.19. The van der Waals surface area contributed by atoms with Crippen molar-refractivity contribution in [2.24, 2.45) is 0 Å². The van der Waals surface area contributed by atoms with E-state index >= 15 is 0 Å². The largest absolute Gasteiger partial charge is 0.305 e. The quantitative estimate of drug-likeness (QED) is 0.812. The highest BCUT2D eigenvalue weighted by molar-refractivity contribution is 5.31. The minimum absolute atomic E-state index is 0.181. The van der Waals surface area contributed by atoms with Crippen molar-refractivity contribution in [2.75, 3.05) is 6.54 Å². The third-order valence-electron chi connectivity index (χ3n) is 3.66. The summed E-state index contributed by atoms with van der Waals surface area (Å²) in [4.78, 5) is 4.70. The van der Waals surface area contributed by atoms with Crippen LogP contribution in [0.25, 0.3) is 0 Å². The molecule has 0 bridgehead atoms. The molecular weight excluding hydrogens is 256 g/mol. The standard InChI is InChI=1S/C19H26N2/c1-4-7-16-10-12-17(13-11-16)19(20-14-5-2)18-9-6-8-15(3)21-18/h6,8-13,19-20H,4-5,7,14H2,1-3H3. The zero-order chi connectivity index (χ0) is 15.1. The average Bonchev–Trinajstić information content (AvgIpc) is 2.50. The van der Waals surface area contributed by atoms with Gasteiger partial charge in [-0.1, -0.05) is 50.6 Å². The Kier molecular flexibility index (Phi) is 5.94. The van der Waals surface area contributed by atoms with Crippen molar-refractivity contribution < 1.29 is 0 Å². The van der Waals surface area contributed by atoms with E-state index in [1.807, 2.05) is 13.0 Å². The topological polar surface area (TPSA) is 24.9 Å². The second kappa shape index (κ2) is 7.94. The predicted octanol–water partition coefficient (Wildman–Crippen LogP) is 4.43. The summed E-state index contributed by atoms with van der Waals surface area (Å²) >= 11 is 0. The number of nitrogens with zero attached hydrogens (tertiary/aromatic N) is 1. The smallest absolute Gasteiger partial charge is 0.0751 e. The highest BCUT2D eigenvalue weighted by atomic mass is 14.9. The van der Waals surface area contributed by atoms with Gasteiger partial charge in [0.1, 0.15) is 0 Å². The van der Waals surface area contributed by atoms with Crippen LogP contribution in [-0.2, 0) is 6.42 Å². The van der Waals surface area contributed by atoms with Crippen LogP contribution in [-0.4, -0.2) is 11.5 Å². The van der Waals surface area contributed by atoms with E-state index in [1.54, 1.807) is 0 Å². The minimum atomic E-state index is 0.181. The van der Waals surface area contributed by atoms with Crippen molar-refractivity contribution in [2.45, 2.75) is 46.1 Å². The molecule has 21 heavy (non-hydrogen) atoms. The molecule has 1 aromatic heterocycles. The molecule has 2 rings (SSSR count). The Morgan fingerprint density at radius 2 is 1.76 bits per heavy atom. The highest BCUT2D eigenvalue weighted by Crippen LogP contribution is 2.21. The summed E-state index contributed by atoms with van der Waals surface area (Å²) in [5, 5.41) is 3.62. The molecule has 112 valence electrons. The van der Waals surface area contributed by atoms with Crippen LogP contribution in [0.3, 0.4) is 0 Å².